The van der Waals surface area contributed by atoms with E-state index in [0.29, 0.717) is 30.0 Å². The van der Waals surface area contributed by atoms with Gasteiger partial charge in [-0.3, -0.25) is 4.79 Å². The first-order valence-electron chi connectivity index (χ1n) is 10.5. The van der Waals surface area contributed by atoms with Crippen LogP contribution >= 0.6 is 22.9 Å². The molecule has 1 N–H and O–H groups in total. The minimum absolute atomic E-state index is 0.0205. The number of nitrogens with one attached hydrogen (secondary N) is 1. The van der Waals surface area contributed by atoms with Gasteiger partial charge < -0.3 is 14.8 Å². The van der Waals surface area contributed by atoms with Crippen molar-refractivity contribution in [2.24, 2.45) is 5.92 Å². The van der Waals surface area contributed by atoms with Crippen LogP contribution in [0.2, 0.25) is 5.02 Å². The van der Waals surface area contributed by atoms with Crippen LogP contribution in [0.4, 0.5) is 5.69 Å². The van der Waals surface area contributed by atoms with Crippen LogP contribution in [0, 0.1) is 5.92 Å². The summed E-state index contributed by atoms with van der Waals surface area (Å²) >= 11 is 7.34. The molecule has 8 nitrogen and oxygen atoms in total. The lowest BCUT2D eigenvalue weighted by atomic mass is 9.98. The number of sulfonamides is 1. The molecule has 0 saturated carbocycles. The second-order valence-corrected chi connectivity index (χ2v) is 11.3. The van der Waals surface area contributed by atoms with E-state index >= 15 is 0 Å². The number of hydrogen-bond acceptors (Lipinski definition) is 7. The summed E-state index contributed by atoms with van der Waals surface area (Å²) in [7, 11) is -1.18. The Labute approximate surface area is 206 Å². The van der Waals surface area contributed by atoms with E-state index in [1.807, 2.05) is 6.07 Å². The number of halogens is 1. The molecular formula is C23H23ClN2O6S2. The van der Waals surface area contributed by atoms with Crippen molar-refractivity contribution >= 4 is 60.6 Å². The molecule has 2 aromatic carbocycles. The average molecular weight is 523 g/mol. The molecule has 1 aliphatic heterocycles. The van der Waals surface area contributed by atoms with Crippen molar-refractivity contribution in [1.82, 2.24) is 4.31 Å². The number of nitrogens with zero attached hydrogens (tertiary/aromatic N) is 1. The molecule has 1 aliphatic rings. The van der Waals surface area contributed by atoms with E-state index in [0.717, 1.165) is 10.1 Å². The molecule has 0 aliphatic carbocycles. The summed E-state index contributed by atoms with van der Waals surface area (Å²) in [6, 6.07) is 11.5. The Hall–Kier alpha value is -2.66. The van der Waals surface area contributed by atoms with Gasteiger partial charge in [-0.15, -0.1) is 11.3 Å². The SMILES string of the molecule is COC(=O)c1cc2cc(NC(=O)[C@@H]3CCCN(S(=O)(=O)c4cc(Cl)ccc4OC)C3)ccc2s1. The number of piperidine rings is 1. The number of amides is 1. The van der Waals surface area contributed by atoms with Gasteiger partial charge in [0.2, 0.25) is 15.9 Å². The van der Waals surface area contributed by atoms with Crippen LogP contribution in [0.25, 0.3) is 10.1 Å². The number of rotatable bonds is 6. The summed E-state index contributed by atoms with van der Waals surface area (Å²) in [4.78, 5) is 25.2. The maximum Gasteiger partial charge on any atom is 0.348 e. The molecule has 180 valence electrons. The van der Waals surface area contributed by atoms with E-state index in [1.54, 1.807) is 24.3 Å². The van der Waals surface area contributed by atoms with Gasteiger partial charge in [-0.1, -0.05) is 11.6 Å². The van der Waals surface area contributed by atoms with Crippen LogP contribution < -0.4 is 10.1 Å². The van der Waals surface area contributed by atoms with E-state index in [2.05, 4.69) is 5.32 Å². The molecular weight excluding hydrogens is 500 g/mol. The van der Waals surface area contributed by atoms with E-state index in [4.69, 9.17) is 21.1 Å². The number of carbonyl (C=O) groups is 2. The number of fused-ring (bicyclic) bond motifs is 1. The Morgan fingerprint density at radius 1 is 1.15 bits per heavy atom. The molecule has 3 aromatic rings. The molecule has 4 rings (SSSR count). The van der Waals surface area contributed by atoms with Crippen LogP contribution in [-0.4, -0.2) is 51.9 Å². The third kappa shape index (κ3) is 4.90. The summed E-state index contributed by atoms with van der Waals surface area (Å²) in [5.41, 5.74) is 0.572. The van der Waals surface area contributed by atoms with Crippen LogP contribution in [0.15, 0.2) is 47.4 Å². The number of anilines is 1. The van der Waals surface area contributed by atoms with Gasteiger partial charge in [0.1, 0.15) is 15.5 Å². The van der Waals surface area contributed by atoms with Gasteiger partial charge >= 0.3 is 5.97 Å². The summed E-state index contributed by atoms with van der Waals surface area (Å²) in [5, 5.41) is 3.97. The Bertz CT molecular complexity index is 1350. The van der Waals surface area contributed by atoms with E-state index in [1.165, 1.54) is 42.0 Å². The lowest BCUT2D eigenvalue weighted by Gasteiger charge is -2.31. The van der Waals surface area contributed by atoms with Crippen LogP contribution in [0.1, 0.15) is 22.5 Å². The van der Waals surface area contributed by atoms with Gasteiger partial charge in [-0.2, -0.15) is 4.31 Å². The van der Waals surface area contributed by atoms with E-state index < -0.39 is 21.9 Å². The quantitative estimate of drug-likeness (QED) is 0.482. The second-order valence-electron chi connectivity index (χ2n) is 7.84. The normalized spacial score (nSPS) is 16.9. The first-order valence-corrected chi connectivity index (χ1v) is 13.1. The molecule has 0 unspecified atom stereocenters. The van der Waals surface area contributed by atoms with Crippen molar-refractivity contribution in [2.45, 2.75) is 17.7 Å². The van der Waals surface area contributed by atoms with Gasteiger partial charge in [-0.25, -0.2) is 13.2 Å². The molecule has 1 fully saturated rings. The zero-order valence-corrected chi connectivity index (χ0v) is 20.9. The number of esters is 1. The van der Waals surface area contributed by atoms with Crippen LogP contribution in [-0.2, 0) is 19.6 Å². The van der Waals surface area contributed by atoms with Gasteiger partial charge in [0.25, 0.3) is 0 Å². The maximum atomic E-state index is 13.3. The van der Waals surface area contributed by atoms with E-state index in [9.17, 15) is 18.0 Å². The fourth-order valence-corrected chi connectivity index (χ4v) is 6.84. The summed E-state index contributed by atoms with van der Waals surface area (Å²) in [5.74, 6) is -0.990. The van der Waals surface area contributed by atoms with Crippen LogP contribution in [0.3, 0.4) is 0 Å². The predicted molar refractivity (Wildman–Crippen MR) is 131 cm³/mol. The topological polar surface area (TPSA) is 102 Å². The summed E-state index contributed by atoms with van der Waals surface area (Å²) in [6.07, 6.45) is 1.12. The fourth-order valence-electron chi connectivity index (χ4n) is 3.93. The highest BCUT2D eigenvalue weighted by Gasteiger charge is 2.35. The summed E-state index contributed by atoms with van der Waals surface area (Å²) < 4.78 is 38.8. The maximum absolute atomic E-state index is 13.3. The highest BCUT2D eigenvalue weighted by atomic mass is 35.5. The molecule has 1 saturated heterocycles. The lowest BCUT2D eigenvalue weighted by Crippen LogP contribution is -2.43. The van der Waals surface area contributed by atoms with Gasteiger partial charge in [0.15, 0.2) is 0 Å². The Morgan fingerprint density at radius 2 is 1.94 bits per heavy atom. The molecule has 1 aromatic heterocycles. The number of hydrogen-bond donors (Lipinski definition) is 1. The molecule has 0 bridgehead atoms. The zero-order chi connectivity index (χ0) is 24.5. The average Bonchev–Trinajstić information content (AvgIpc) is 3.27. The van der Waals surface area contributed by atoms with Crippen molar-refractivity contribution in [1.29, 1.82) is 0 Å². The van der Waals surface area contributed by atoms with E-state index in [-0.39, 0.29) is 28.1 Å². The van der Waals surface area contributed by atoms with Crippen molar-refractivity contribution < 1.29 is 27.5 Å². The number of methoxy groups -OCH3 is 2. The smallest absolute Gasteiger partial charge is 0.348 e. The van der Waals surface area contributed by atoms with Crippen molar-refractivity contribution in [3.05, 3.63) is 52.4 Å². The largest absolute Gasteiger partial charge is 0.495 e. The van der Waals surface area contributed by atoms with Crippen molar-refractivity contribution in [2.75, 3.05) is 32.6 Å². The Morgan fingerprint density at radius 3 is 2.68 bits per heavy atom. The van der Waals surface area contributed by atoms with Gasteiger partial charge in [0, 0.05) is 28.5 Å². The monoisotopic (exact) mass is 522 g/mol. The third-order valence-corrected chi connectivity index (χ3v) is 8.89. The second kappa shape index (κ2) is 9.91. The minimum atomic E-state index is -3.90. The van der Waals surface area contributed by atoms with Gasteiger partial charge in [-0.05, 0) is 60.7 Å². The highest BCUT2D eigenvalue weighted by molar-refractivity contribution is 7.89. The third-order valence-electron chi connectivity index (χ3n) is 5.67. The first-order chi connectivity index (χ1) is 16.2. The molecule has 0 spiro atoms. The minimum Gasteiger partial charge on any atom is -0.495 e. The predicted octanol–water partition coefficient (Wildman–Crippen LogP) is 4.39. The lowest BCUT2D eigenvalue weighted by molar-refractivity contribution is -0.120. The summed E-state index contributed by atoms with van der Waals surface area (Å²) in [6.45, 7) is 0.357. The van der Waals surface area contributed by atoms with Crippen LogP contribution in [0.5, 0.6) is 5.75 Å². The Kier molecular flexibility index (Phi) is 7.13. The number of carbonyl (C=O) groups excluding carboxylic acids is 2. The number of thiophene rings is 1. The standard InChI is InChI=1S/C23H23ClN2O6S2/c1-31-18-7-5-16(24)12-21(18)34(29,30)26-9-3-4-14(13-26)22(27)25-17-6-8-19-15(10-17)11-20(33-19)23(28)32-2/h5-8,10-12,14H,3-4,9,13H2,1-2H3,(H,25,27)/t14-/m1/s1. The molecule has 34 heavy (non-hydrogen) atoms. The highest BCUT2D eigenvalue weighted by Crippen LogP contribution is 2.33. The molecule has 1 amide bonds. The van der Waals surface area contributed by atoms with Crippen molar-refractivity contribution in [3.63, 3.8) is 0 Å². The number of benzene rings is 2. The molecule has 2 heterocycles. The molecule has 11 heteroatoms. The van der Waals surface area contributed by atoms with Crippen molar-refractivity contribution in [3.8, 4) is 5.75 Å². The fraction of sp³-hybridized carbons (Fsp3) is 0.304. The zero-order valence-electron chi connectivity index (χ0n) is 18.5. The number of ether oxygens (including phenoxy) is 2. The first kappa shape index (κ1) is 24.5. The molecule has 0 radical (unpaired) electrons. The van der Waals surface area contributed by atoms with Gasteiger partial charge in [0.05, 0.1) is 20.1 Å². The Balaban J connectivity index is 1.50. The molecule has 1 atom stereocenters.